The van der Waals surface area contributed by atoms with Crippen LogP contribution in [0.2, 0.25) is 0 Å². The first-order valence-corrected chi connectivity index (χ1v) is 10.6. The first-order chi connectivity index (χ1) is 15.1. The molecule has 6 nitrogen and oxygen atoms in total. The van der Waals surface area contributed by atoms with E-state index in [2.05, 4.69) is 11.4 Å². The number of nitrogens with one attached hydrogen (secondary N) is 1. The number of nitrogens with zero attached hydrogens (tertiary/aromatic N) is 2. The second-order valence-electron chi connectivity index (χ2n) is 8.32. The Kier molecular flexibility index (Phi) is 4.98. The Bertz CT molecular complexity index is 1150. The van der Waals surface area contributed by atoms with Crippen LogP contribution in [0.1, 0.15) is 18.0 Å². The number of rotatable bonds is 3. The Labute approximate surface area is 181 Å². The van der Waals surface area contributed by atoms with Crippen molar-refractivity contribution < 1.29 is 9.53 Å². The summed E-state index contributed by atoms with van der Waals surface area (Å²) in [5.41, 5.74) is 3.45. The monoisotopic (exact) mass is 415 g/mol. The maximum absolute atomic E-state index is 13.3. The normalized spacial score (nSPS) is 19.5. The highest BCUT2D eigenvalue weighted by molar-refractivity contribution is 5.89. The smallest absolute Gasteiger partial charge is 0.321 e. The van der Waals surface area contributed by atoms with Gasteiger partial charge in [0.15, 0.2) is 0 Å². The van der Waals surface area contributed by atoms with Crippen LogP contribution in [0.25, 0.3) is 11.1 Å². The summed E-state index contributed by atoms with van der Waals surface area (Å²) in [4.78, 5) is 28.0. The third kappa shape index (κ3) is 3.69. The molecule has 158 valence electrons. The molecular formula is C25H25N3O3. The van der Waals surface area contributed by atoms with E-state index in [-0.39, 0.29) is 23.4 Å². The molecule has 1 N–H and O–H groups in total. The molecule has 2 atom stereocenters. The van der Waals surface area contributed by atoms with Gasteiger partial charge < -0.3 is 19.5 Å². The predicted molar refractivity (Wildman–Crippen MR) is 121 cm³/mol. The molecule has 3 aromatic rings. The van der Waals surface area contributed by atoms with Gasteiger partial charge in [0.05, 0.1) is 7.11 Å². The van der Waals surface area contributed by atoms with Crippen LogP contribution >= 0.6 is 0 Å². The number of fused-ring (bicyclic) bond motifs is 4. The lowest BCUT2D eigenvalue weighted by molar-refractivity contribution is 0.139. The number of hydrogen-bond acceptors (Lipinski definition) is 3. The van der Waals surface area contributed by atoms with Crippen LogP contribution in [0.4, 0.5) is 10.5 Å². The highest BCUT2D eigenvalue weighted by atomic mass is 16.5. The SMILES string of the molecule is COc1ccc(-c2ccc3n(c2=O)CC2CC3CN(C(=O)Nc3ccccc3)C2)cc1. The summed E-state index contributed by atoms with van der Waals surface area (Å²) in [5, 5.41) is 2.98. The number of hydrogen-bond donors (Lipinski definition) is 1. The zero-order chi connectivity index (χ0) is 21.4. The van der Waals surface area contributed by atoms with Crippen molar-refractivity contribution in [3.63, 3.8) is 0 Å². The number of benzene rings is 2. The van der Waals surface area contributed by atoms with Gasteiger partial charge >= 0.3 is 6.03 Å². The fraction of sp³-hybridized carbons (Fsp3) is 0.280. The summed E-state index contributed by atoms with van der Waals surface area (Å²) in [6, 6.07) is 21.0. The summed E-state index contributed by atoms with van der Waals surface area (Å²) in [5.74, 6) is 1.22. The number of urea groups is 1. The first kappa shape index (κ1) is 19.4. The van der Waals surface area contributed by atoms with Gasteiger partial charge in [-0.3, -0.25) is 4.79 Å². The molecule has 5 rings (SSSR count). The lowest BCUT2D eigenvalue weighted by Crippen LogP contribution is -2.50. The zero-order valence-corrected chi connectivity index (χ0v) is 17.5. The van der Waals surface area contributed by atoms with Gasteiger partial charge in [-0.2, -0.15) is 0 Å². The number of piperidine rings is 1. The molecule has 0 radical (unpaired) electrons. The van der Waals surface area contributed by atoms with Crippen molar-refractivity contribution in [1.29, 1.82) is 0 Å². The quantitative estimate of drug-likeness (QED) is 0.698. The number of methoxy groups -OCH3 is 1. The number of para-hydroxylation sites is 1. The molecule has 2 amide bonds. The summed E-state index contributed by atoms with van der Waals surface area (Å²) in [6.45, 7) is 1.92. The van der Waals surface area contributed by atoms with Crippen molar-refractivity contribution in [2.45, 2.75) is 18.9 Å². The fourth-order valence-corrected chi connectivity index (χ4v) is 4.83. The highest BCUT2D eigenvalue weighted by Gasteiger charge is 2.36. The zero-order valence-electron chi connectivity index (χ0n) is 17.5. The van der Waals surface area contributed by atoms with Crippen LogP contribution in [0.5, 0.6) is 5.75 Å². The van der Waals surface area contributed by atoms with Crippen LogP contribution in [0.3, 0.4) is 0 Å². The van der Waals surface area contributed by atoms with Crippen molar-refractivity contribution in [2.24, 2.45) is 5.92 Å². The van der Waals surface area contributed by atoms with Gasteiger partial charge in [0.25, 0.3) is 5.56 Å². The minimum atomic E-state index is -0.0773. The van der Waals surface area contributed by atoms with E-state index in [1.165, 1.54) is 0 Å². The maximum Gasteiger partial charge on any atom is 0.321 e. The van der Waals surface area contributed by atoms with Crippen LogP contribution in [0, 0.1) is 5.92 Å². The molecule has 0 spiro atoms. The largest absolute Gasteiger partial charge is 0.497 e. The first-order valence-electron chi connectivity index (χ1n) is 10.6. The maximum atomic E-state index is 13.3. The van der Waals surface area contributed by atoms with Crippen molar-refractivity contribution in [3.8, 4) is 16.9 Å². The number of carbonyl (C=O) groups excluding carboxylic acids is 1. The second-order valence-corrected chi connectivity index (χ2v) is 8.32. The lowest BCUT2D eigenvalue weighted by Gasteiger charge is -2.42. The van der Waals surface area contributed by atoms with Crippen molar-refractivity contribution in [1.82, 2.24) is 9.47 Å². The number of ether oxygens (including phenoxy) is 1. The number of amides is 2. The molecule has 1 aromatic heterocycles. The lowest BCUT2D eigenvalue weighted by atomic mass is 9.83. The molecule has 3 heterocycles. The summed E-state index contributed by atoms with van der Waals surface area (Å²) in [6.07, 6.45) is 1.01. The predicted octanol–water partition coefficient (Wildman–Crippen LogP) is 4.18. The standard InChI is InChI=1S/C25H25N3O3/c1-31-21-9-7-18(8-10-21)22-11-12-23-19-13-17(15-28(23)24(22)29)14-27(16-19)25(30)26-20-5-3-2-4-6-20/h2-12,17,19H,13-16H2,1H3,(H,26,30). The van der Waals surface area contributed by atoms with Gasteiger partial charge in [0.1, 0.15) is 5.75 Å². The second kappa shape index (κ2) is 7.95. The number of anilines is 1. The van der Waals surface area contributed by atoms with E-state index < -0.39 is 0 Å². The Morgan fingerprint density at radius 3 is 2.48 bits per heavy atom. The third-order valence-corrected chi connectivity index (χ3v) is 6.32. The minimum absolute atomic E-state index is 0.0413. The molecule has 1 saturated heterocycles. The van der Waals surface area contributed by atoms with Crippen molar-refractivity contribution in [3.05, 3.63) is 82.8 Å². The van der Waals surface area contributed by atoms with Gasteiger partial charge in [-0.15, -0.1) is 0 Å². The molecule has 2 aliphatic rings. The van der Waals surface area contributed by atoms with Crippen LogP contribution in [-0.4, -0.2) is 35.7 Å². The molecule has 1 fully saturated rings. The number of carbonyl (C=O) groups is 1. The fourth-order valence-electron chi connectivity index (χ4n) is 4.83. The molecule has 0 aliphatic carbocycles. The number of aromatic nitrogens is 1. The molecule has 6 heteroatoms. The molecule has 2 bridgehead atoms. The van der Waals surface area contributed by atoms with E-state index in [4.69, 9.17) is 4.74 Å². The molecule has 2 unspecified atom stereocenters. The van der Waals surface area contributed by atoms with Crippen molar-refractivity contribution >= 4 is 11.7 Å². The Morgan fingerprint density at radius 2 is 1.74 bits per heavy atom. The average molecular weight is 415 g/mol. The van der Waals surface area contributed by atoms with E-state index >= 15 is 0 Å². The van der Waals surface area contributed by atoms with Gasteiger partial charge in [-0.1, -0.05) is 30.3 Å². The molecular weight excluding hydrogens is 390 g/mol. The third-order valence-electron chi connectivity index (χ3n) is 6.32. The van der Waals surface area contributed by atoms with Gasteiger partial charge in [-0.25, -0.2) is 4.79 Å². The summed E-state index contributed by atoms with van der Waals surface area (Å²) < 4.78 is 7.14. The van der Waals surface area contributed by atoms with E-state index in [1.807, 2.05) is 70.1 Å². The van der Waals surface area contributed by atoms with Crippen LogP contribution in [0.15, 0.2) is 71.5 Å². The van der Waals surface area contributed by atoms with Crippen LogP contribution < -0.4 is 15.6 Å². The Balaban J connectivity index is 1.39. The van der Waals surface area contributed by atoms with Gasteiger partial charge in [-0.05, 0) is 54.3 Å². The molecule has 2 aromatic carbocycles. The van der Waals surface area contributed by atoms with Crippen molar-refractivity contribution in [2.75, 3.05) is 25.5 Å². The Hall–Kier alpha value is -3.54. The summed E-state index contributed by atoms with van der Waals surface area (Å²) >= 11 is 0. The van der Waals surface area contributed by atoms with Gasteiger partial charge in [0, 0.05) is 42.5 Å². The molecule has 31 heavy (non-hydrogen) atoms. The summed E-state index contributed by atoms with van der Waals surface area (Å²) in [7, 11) is 1.63. The van der Waals surface area contributed by atoms with E-state index in [0.29, 0.717) is 25.2 Å². The molecule has 2 aliphatic heterocycles. The van der Waals surface area contributed by atoms with Crippen LogP contribution in [-0.2, 0) is 6.54 Å². The number of likely N-dealkylation sites (tertiary alicyclic amines) is 1. The van der Waals surface area contributed by atoms with E-state index in [0.717, 1.165) is 29.1 Å². The minimum Gasteiger partial charge on any atom is -0.497 e. The number of pyridine rings is 1. The van der Waals surface area contributed by atoms with E-state index in [1.54, 1.807) is 7.11 Å². The highest BCUT2D eigenvalue weighted by Crippen LogP contribution is 2.36. The van der Waals surface area contributed by atoms with Gasteiger partial charge in [0.2, 0.25) is 0 Å². The average Bonchev–Trinajstić information content (AvgIpc) is 2.80. The van der Waals surface area contributed by atoms with E-state index in [9.17, 15) is 9.59 Å². The topological polar surface area (TPSA) is 63.6 Å². The Morgan fingerprint density at radius 1 is 0.968 bits per heavy atom. The molecule has 0 saturated carbocycles.